The molecule has 1 heterocycles. The van der Waals surface area contributed by atoms with Crippen LogP contribution in [0.2, 0.25) is 10.0 Å². The fourth-order valence-corrected chi connectivity index (χ4v) is 3.13. The van der Waals surface area contributed by atoms with Gasteiger partial charge in [0.25, 0.3) is 11.8 Å². The van der Waals surface area contributed by atoms with Gasteiger partial charge in [-0.1, -0.05) is 35.3 Å². The third-order valence-corrected chi connectivity index (χ3v) is 4.86. The van der Waals surface area contributed by atoms with Gasteiger partial charge in [-0.3, -0.25) is 19.8 Å². The normalized spacial score (nSPS) is 16.2. The first kappa shape index (κ1) is 18.4. The van der Waals surface area contributed by atoms with Gasteiger partial charge in [0.05, 0.1) is 10.7 Å². The first-order valence-corrected chi connectivity index (χ1v) is 8.61. The molecule has 0 spiro atoms. The van der Waals surface area contributed by atoms with E-state index in [1.807, 2.05) is 0 Å². The number of thiocarbonyl (C=S) groups is 1. The van der Waals surface area contributed by atoms with E-state index in [1.54, 1.807) is 25.1 Å². The summed E-state index contributed by atoms with van der Waals surface area (Å²) in [5.41, 5.74) is 1.52. The first-order chi connectivity index (χ1) is 12.3. The Bertz CT molecular complexity index is 988. The van der Waals surface area contributed by atoms with Crippen molar-refractivity contribution < 1.29 is 14.7 Å². The number of hydrogen-bond acceptors (Lipinski definition) is 4. The Labute approximate surface area is 164 Å². The molecule has 0 aliphatic carbocycles. The van der Waals surface area contributed by atoms with Gasteiger partial charge in [-0.2, -0.15) is 0 Å². The third kappa shape index (κ3) is 3.31. The summed E-state index contributed by atoms with van der Waals surface area (Å²) in [4.78, 5) is 26.5. The second-order valence-electron chi connectivity index (χ2n) is 5.55. The molecular weight excluding hydrogens is 395 g/mol. The van der Waals surface area contributed by atoms with Gasteiger partial charge in [0.1, 0.15) is 11.3 Å². The van der Waals surface area contributed by atoms with Crippen molar-refractivity contribution in [2.24, 2.45) is 0 Å². The number of carbonyl (C=O) groups is 2. The molecule has 1 aliphatic rings. The van der Waals surface area contributed by atoms with Crippen LogP contribution < -0.4 is 10.2 Å². The number of hydrogen-bond donors (Lipinski definition) is 2. The lowest BCUT2D eigenvalue weighted by atomic mass is 10.1. The minimum atomic E-state index is -0.611. The molecule has 1 saturated heterocycles. The lowest BCUT2D eigenvalue weighted by Gasteiger charge is -2.30. The molecule has 1 aliphatic heterocycles. The van der Waals surface area contributed by atoms with E-state index in [-0.39, 0.29) is 21.5 Å². The zero-order valence-corrected chi connectivity index (χ0v) is 15.7. The SMILES string of the molecule is Cc1c(Cl)cccc1N1C(=O)/C(=C/c2ccc(O)c(Cl)c2)C(=O)NC1=S. The maximum absolute atomic E-state index is 13.0. The van der Waals surface area contributed by atoms with Crippen molar-refractivity contribution in [3.05, 3.63) is 63.1 Å². The number of nitrogens with one attached hydrogen (secondary N) is 1. The second-order valence-corrected chi connectivity index (χ2v) is 6.75. The fourth-order valence-electron chi connectivity index (χ4n) is 2.49. The van der Waals surface area contributed by atoms with Gasteiger partial charge in [0.2, 0.25) is 0 Å². The van der Waals surface area contributed by atoms with E-state index < -0.39 is 11.8 Å². The molecular formula is C18H12Cl2N2O3S. The molecule has 2 amide bonds. The summed E-state index contributed by atoms with van der Waals surface area (Å²) >= 11 is 17.2. The van der Waals surface area contributed by atoms with Gasteiger partial charge < -0.3 is 5.11 Å². The lowest BCUT2D eigenvalue weighted by Crippen LogP contribution is -2.54. The Morgan fingerprint density at radius 3 is 2.58 bits per heavy atom. The van der Waals surface area contributed by atoms with Gasteiger partial charge in [-0.25, -0.2) is 0 Å². The van der Waals surface area contributed by atoms with Crippen LogP contribution in [0.4, 0.5) is 5.69 Å². The molecule has 8 heteroatoms. The van der Waals surface area contributed by atoms with Crippen molar-refractivity contribution in [2.45, 2.75) is 6.92 Å². The molecule has 0 unspecified atom stereocenters. The van der Waals surface area contributed by atoms with E-state index >= 15 is 0 Å². The van der Waals surface area contributed by atoms with E-state index in [0.29, 0.717) is 21.8 Å². The van der Waals surface area contributed by atoms with Crippen LogP contribution in [-0.2, 0) is 9.59 Å². The molecule has 5 nitrogen and oxygen atoms in total. The van der Waals surface area contributed by atoms with Gasteiger partial charge in [-0.05, 0) is 60.6 Å². The van der Waals surface area contributed by atoms with E-state index in [1.165, 1.54) is 29.2 Å². The van der Waals surface area contributed by atoms with Crippen LogP contribution in [0.15, 0.2) is 42.0 Å². The number of anilines is 1. The molecule has 3 rings (SSSR count). The Hall–Kier alpha value is -2.41. The number of carbonyl (C=O) groups excluding carboxylic acids is 2. The predicted molar refractivity (Wildman–Crippen MR) is 106 cm³/mol. The monoisotopic (exact) mass is 406 g/mol. The molecule has 0 atom stereocenters. The quantitative estimate of drug-likeness (QED) is 0.451. The lowest BCUT2D eigenvalue weighted by molar-refractivity contribution is -0.122. The van der Waals surface area contributed by atoms with Crippen molar-refractivity contribution in [3.8, 4) is 5.75 Å². The van der Waals surface area contributed by atoms with Crippen molar-refractivity contribution >= 4 is 64.1 Å². The van der Waals surface area contributed by atoms with Crippen molar-refractivity contribution in [1.82, 2.24) is 5.32 Å². The van der Waals surface area contributed by atoms with Crippen LogP contribution in [0.1, 0.15) is 11.1 Å². The van der Waals surface area contributed by atoms with Crippen LogP contribution >= 0.6 is 35.4 Å². The highest BCUT2D eigenvalue weighted by Gasteiger charge is 2.35. The number of nitrogens with zero attached hydrogens (tertiary/aromatic N) is 1. The molecule has 2 N–H and O–H groups in total. The average molecular weight is 407 g/mol. The van der Waals surface area contributed by atoms with Crippen LogP contribution in [0.5, 0.6) is 5.75 Å². The van der Waals surface area contributed by atoms with E-state index in [0.717, 1.165) is 0 Å². The Morgan fingerprint density at radius 2 is 1.88 bits per heavy atom. The summed E-state index contributed by atoms with van der Waals surface area (Å²) in [6.07, 6.45) is 1.39. The van der Waals surface area contributed by atoms with E-state index in [9.17, 15) is 14.7 Å². The van der Waals surface area contributed by atoms with Crippen LogP contribution in [0.3, 0.4) is 0 Å². The Morgan fingerprint density at radius 1 is 1.15 bits per heavy atom. The Kier molecular flexibility index (Phi) is 5.00. The number of phenolic OH excluding ortho intramolecular Hbond substituents is 1. The first-order valence-electron chi connectivity index (χ1n) is 7.44. The smallest absolute Gasteiger partial charge is 0.270 e. The zero-order valence-electron chi connectivity index (χ0n) is 13.4. The summed E-state index contributed by atoms with van der Waals surface area (Å²) in [6.45, 7) is 1.76. The minimum Gasteiger partial charge on any atom is -0.506 e. The van der Waals surface area contributed by atoms with Crippen molar-refractivity contribution in [1.29, 1.82) is 0 Å². The standard InChI is InChI=1S/C18H12Cl2N2O3S/c1-9-12(19)3-2-4-14(9)22-17(25)11(16(24)21-18(22)26)7-10-5-6-15(23)13(20)8-10/h2-8,23H,1H3,(H,21,24,26)/b11-7+. The molecule has 2 aromatic carbocycles. The van der Waals surface area contributed by atoms with E-state index in [2.05, 4.69) is 5.32 Å². The van der Waals surface area contributed by atoms with E-state index in [4.69, 9.17) is 35.4 Å². The van der Waals surface area contributed by atoms with Gasteiger partial charge in [0.15, 0.2) is 5.11 Å². The van der Waals surface area contributed by atoms with Gasteiger partial charge >= 0.3 is 0 Å². The van der Waals surface area contributed by atoms with Gasteiger partial charge in [-0.15, -0.1) is 0 Å². The predicted octanol–water partition coefficient (Wildman–Crippen LogP) is 3.84. The topological polar surface area (TPSA) is 69.6 Å². The maximum atomic E-state index is 13.0. The van der Waals surface area contributed by atoms with Crippen LogP contribution in [0.25, 0.3) is 6.08 Å². The number of rotatable bonds is 2. The minimum absolute atomic E-state index is 0.0220. The largest absolute Gasteiger partial charge is 0.506 e. The average Bonchev–Trinajstić information content (AvgIpc) is 2.58. The highest BCUT2D eigenvalue weighted by molar-refractivity contribution is 7.80. The summed E-state index contributed by atoms with van der Waals surface area (Å²) in [7, 11) is 0. The maximum Gasteiger partial charge on any atom is 0.270 e. The number of aromatic hydroxyl groups is 1. The molecule has 1 fully saturated rings. The molecule has 132 valence electrons. The summed E-state index contributed by atoms with van der Waals surface area (Å²) in [5, 5.41) is 12.6. The molecule has 0 radical (unpaired) electrons. The molecule has 0 bridgehead atoms. The molecule has 0 aromatic heterocycles. The molecule has 26 heavy (non-hydrogen) atoms. The van der Waals surface area contributed by atoms with Crippen LogP contribution in [0, 0.1) is 6.92 Å². The number of halogens is 2. The highest BCUT2D eigenvalue weighted by atomic mass is 35.5. The third-order valence-electron chi connectivity index (χ3n) is 3.86. The van der Waals surface area contributed by atoms with Crippen molar-refractivity contribution in [3.63, 3.8) is 0 Å². The van der Waals surface area contributed by atoms with Crippen LogP contribution in [-0.4, -0.2) is 22.0 Å². The van der Waals surface area contributed by atoms with Gasteiger partial charge in [0, 0.05) is 5.02 Å². The fraction of sp³-hybridized carbons (Fsp3) is 0.0556. The summed E-state index contributed by atoms with van der Waals surface area (Å²) in [5.74, 6) is -1.28. The number of benzene rings is 2. The van der Waals surface area contributed by atoms with Crippen molar-refractivity contribution in [2.75, 3.05) is 4.90 Å². The molecule has 0 saturated carbocycles. The summed E-state index contributed by atoms with van der Waals surface area (Å²) in [6, 6.07) is 9.45. The Balaban J connectivity index is 2.07. The second kappa shape index (κ2) is 7.07. The highest BCUT2D eigenvalue weighted by Crippen LogP contribution is 2.30. The summed E-state index contributed by atoms with van der Waals surface area (Å²) < 4.78 is 0. The number of phenols is 1. The molecule has 2 aromatic rings. The zero-order chi connectivity index (χ0) is 19.0. The number of amides is 2.